The number of likely N-dealkylation sites (N-methyl/N-ethyl adjacent to an activating group) is 1. The van der Waals surface area contributed by atoms with Gasteiger partial charge in [-0.05, 0) is 31.0 Å². The quantitative estimate of drug-likeness (QED) is 0.896. The fraction of sp³-hybridized carbons (Fsp3) is 0.467. The second-order valence-corrected chi connectivity index (χ2v) is 4.87. The van der Waals surface area contributed by atoms with Crippen molar-refractivity contribution >= 4 is 5.91 Å². The van der Waals surface area contributed by atoms with Gasteiger partial charge in [-0.1, -0.05) is 24.6 Å². The van der Waals surface area contributed by atoms with E-state index in [1.54, 1.807) is 7.05 Å². The van der Waals surface area contributed by atoms with Crippen LogP contribution in [0.4, 0.5) is 0 Å². The molecule has 1 atom stereocenters. The van der Waals surface area contributed by atoms with Crippen molar-refractivity contribution in [3.8, 4) is 6.07 Å². The van der Waals surface area contributed by atoms with Crippen molar-refractivity contribution in [1.82, 2.24) is 10.2 Å². The molecule has 0 saturated carbocycles. The van der Waals surface area contributed by atoms with Crippen molar-refractivity contribution < 1.29 is 4.79 Å². The number of carbonyl (C=O) groups is 1. The van der Waals surface area contributed by atoms with Crippen molar-refractivity contribution in [3.63, 3.8) is 0 Å². The van der Waals surface area contributed by atoms with Crippen molar-refractivity contribution in [2.45, 2.75) is 31.8 Å². The summed E-state index contributed by atoms with van der Waals surface area (Å²) in [6, 6.07) is 9.75. The second kappa shape index (κ2) is 6.35. The van der Waals surface area contributed by atoms with Crippen LogP contribution in [0.3, 0.4) is 0 Å². The van der Waals surface area contributed by atoms with Crippen LogP contribution in [0.15, 0.2) is 24.3 Å². The van der Waals surface area contributed by atoms with Gasteiger partial charge < -0.3 is 5.32 Å². The molecule has 1 aliphatic rings. The lowest BCUT2D eigenvalue weighted by Gasteiger charge is -2.34. The van der Waals surface area contributed by atoms with E-state index in [-0.39, 0.29) is 11.9 Å². The number of nitriles is 1. The summed E-state index contributed by atoms with van der Waals surface area (Å²) in [6.07, 6.45) is 3.10. The molecule has 1 saturated heterocycles. The van der Waals surface area contributed by atoms with Gasteiger partial charge in [0.2, 0.25) is 5.91 Å². The molecule has 19 heavy (non-hydrogen) atoms. The fourth-order valence-corrected chi connectivity index (χ4v) is 2.63. The molecule has 1 unspecified atom stereocenters. The SMILES string of the molecule is CNC(=O)C1CCCCN1Cc1ccccc1C#N. The van der Waals surface area contributed by atoms with Crippen LogP contribution in [0.1, 0.15) is 30.4 Å². The number of hydrogen-bond donors (Lipinski definition) is 1. The monoisotopic (exact) mass is 257 g/mol. The number of hydrogen-bond acceptors (Lipinski definition) is 3. The number of piperidine rings is 1. The third kappa shape index (κ3) is 3.12. The third-order valence-corrected chi connectivity index (χ3v) is 3.67. The zero-order valence-corrected chi connectivity index (χ0v) is 11.2. The van der Waals surface area contributed by atoms with Crippen LogP contribution < -0.4 is 5.32 Å². The Morgan fingerprint density at radius 3 is 3.00 bits per heavy atom. The summed E-state index contributed by atoms with van der Waals surface area (Å²) < 4.78 is 0. The molecular formula is C15H19N3O. The Hall–Kier alpha value is -1.86. The van der Waals surface area contributed by atoms with Gasteiger partial charge in [-0.15, -0.1) is 0 Å². The maximum absolute atomic E-state index is 11.9. The smallest absolute Gasteiger partial charge is 0.237 e. The number of nitrogens with one attached hydrogen (secondary N) is 1. The zero-order chi connectivity index (χ0) is 13.7. The number of nitrogens with zero attached hydrogens (tertiary/aromatic N) is 2. The van der Waals surface area contributed by atoms with E-state index < -0.39 is 0 Å². The van der Waals surface area contributed by atoms with Gasteiger partial charge in [0, 0.05) is 13.6 Å². The van der Waals surface area contributed by atoms with E-state index in [4.69, 9.17) is 5.26 Å². The lowest BCUT2D eigenvalue weighted by Crippen LogP contribution is -2.48. The minimum Gasteiger partial charge on any atom is -0.358 e. The van der Waals surface area contributed by atoms with Crippen LogP contribution in [0, 0.1) is 11.3 Å². The van der Waals surface area contributed by atoms with E-state index >= 15 is 0 Å². The number of rotatable bonds is 3. The van der Waals surface area contributed by atoms with E-state index in [1.807, 2.05) is 24.3 Å². The second-order valence-electron chi connectivity index (χ2n) is 4.87. The van der Waals surface area contributed by atoms with Gasteiger partial charge in [0.1, 0.15) is 0 Å². The summed E-state index contributed by atoms with van der Waals surface area (Å²) in [6.45, 7) is 1.58. The number of benzene rings is 1. The Kier molecular flexibility index (Phi) is 4.53. The minimum atomic E-state index is -0.0644. The van der Waals surface area contributed by atoms with Gasteiger partial charge in [0.15, 0.2) is 0 Å². The highest BCUT2D eigenvalue weighted by Gasteiger charge is 2.28. The molecule has 1 aromatic rings. The highest BCUT2D eigenvalue weighted by molar-refractivity contribution is 5.81. The van der Waals surface area contributed by atoms with Crippen LogP contribution in [-0.4, -0.2) is 30.4 Å². The Balaban J connectivity index is 2.16. The van der Waals surface area contributed by atoms with Gasteiger partial charge in [-0.3, -0.25) is 9.69 Å². The predicted octanol–water partition coefficient (Wildman–Crippen LogP) is 1.66. The van der Waals surface area contributed by atoms with E-state index in [0.717, 1.165) is 31.4 Å². The van der Waals surface area contributed by atoms with Crippen molar-refractivity contribution in [1.29, 1.82) is 5.26 Å². The van der Waals surface area contributed by atoms with E-state index in [1.165, 1.54) is 0 Å². The van der Waals surface area contributed by atoms with Crippen LogP contribution in [0.5, 0.6) is 0 Å². The Morgan fingerprint density at radius 2 is 2.26 bits per heavy atom. The first-order valence-electron chi connectivity index (χ1n) is 6.70. The molecule has 0 aromatic heterocycles. The number of amides is 1. The molecule has 4 nitrogen and oxygen atoms in total. The molecule has 1 fully saturated rings. The normalized spacial score (nSPS) is 19.7. The number of likely N-dealkylation sites (tertiary alicyclic amines) is 1. The van der Waals surface area contributed by atoms with E-state index in [9.17, 15) is 4.79 Å². The summed E-state index contributed by atoms with van der Waals surface area (Å²) >= 11 is 0. The third-order valence-electron chi connectivity index (χ3n) is 3.67. The van der Waals surface area contributed by atoms with Crippen LogP contribution in [-0.2, 0) is 11.3 Å². The average molecular weight is 257 g/mol. The first kappa shape index (κ1) is 13.6. The highest BCUT2D eigenvalue weighted by Crippen LogP contribution is 2.21. The molecule has 1 amide bonds. The molecule has 4 heteroatoms. The summed E-state index contributed by atoms with van der Waals surface area (Å²) in [5.74, 6) is 0.0779. The van der Waals surface area contributed by atoms with Crippen molar-refractivity contribution in [2.24, 2.45) is 0 Å². The van der Waals surface area contributed by atoms with Gasteiger partial charge in [0.25, 0.3) is 0 Å². The summed E-state index contributed by atoms with van der Waals surface area (Å²) in [5.41, 5.74) is 1.70. The first-order valence-corrected chi connectivity index (χ1v) is 6.70. The van der Waals surface area contributed by atoms with Crippen molar-refractivity contribution in [3.05, 3.63) is 35.4 Å². The van der Waals surface area contributed by atoms with Gasteiger partial charge in [-0.25, -0.2) is 0 Å². The van der Waals surface area contributed by atoms with Crippen molar-refractivity contribution in [2.75, 3.05) is 13.6 Å². The van der Waals surface area contributed by atoms with Gasteiger partial charge >= 0.3 is 0 Å². The van der Waals surface area contributed by atoms with Gasteiger partial charge in [-0.2, -0.15) is 5.26 Å². The Morgan fingerprint density at radius 1 is 1.47 bits per heavy atom. The zero-order valence-electron chi connectivity index (χ0n) is 11.2. The average Bonchev–Trinajstić information content (AvgIpc) is 2.47. The van der Waals surface area contributed by atoms with Crippen LogP contribution in [0.2, 0.25) is 0 Å². The lowest BCUT2D eigenvalue weighted by molar-refractivity contribution is -0.127. The molecule has 0 bridgehead atoms. The maximum Gasteiger partial charge on any atom is 0.237 e. The van der Waals surface area contributed by atoms with Gasteiger partial charge in [0.05, 0.1) is 17.7 Å². The minimum absolute atomic E-state index is 0.0644. The topological polar surface area (TPSA) is 56.1 Å². The molecular weight excluding hydrogens is 238 g/mol. The molecule has 1 N–H and O–H groups in total. The molecule has 1 heterocycles. The molecule has 2 rings (SSSR count). The van der Waals surface area contributed by atoms with E-state index in [2.05, 4.69) is 16.3 Å². The first-order chi connectivity index (χ1) is 9.26. The lowest BCUT2D eigenvalue weighted by atomic mass is 9.99. The molecule has 0 aliphatic carbocycles. The molecule has 0 spiro atoms. The summed E-state index contributed by atoms with van der Waals surface area (Å²) in [7, 11) is 1.68. The fourth-order valence-electron chi connectivity index (χ4n) is 2.63. The Bertz CT molecular complexity index is 492. The number of carbonyl (C=O) groups excluding carboxylic acids is 1. The summed E-state index contributed by atoms with van der Waals surface area (Å²) in [4.78, 5) is 14.1. The highest BCUT2D eigenvalue weighted by atomic mass is 16.2. The van der Waals surface area contributed by atoms with Crippen LogP contribution in [0.25, 0.3) is 0 Å². The van der Waals surface area contributed by atoms with E-state index in [0.29, 0.717) is 12.1 Å². The Labute approximate surface area is 114 Å². The maximum atomic E-state index is 11.9. The molecule has 1 aliphatic heterocycles. The molecule has 1 aromatic carbocycles. The summed E-state index contributed by atoms with van der Waals surface area (Å²) in [5, 5.41) is 11.9. The molecule has 0 radical (unpaired) electrons. The standard InChI is InChI=1S/C15H19N3O/c1-17-15(19)14-8-4-5-9-18(14)11-13-7-3-2-6-12(13)10-16/h2-3,6-7,14H,4-5,8-9,11H2,1H3,(H,17,19). The predicted molar refractivity (Wildman–Crippen MR) is 73.3 cm³/mol. The largest absolute Gasteiger partial charge is 0.358 e. The molecule has 100 valence electrons. The van der Waals surface area contributed by atoms with Crippen LogP contribution >= 0.6 is 0 Å².